The third kappa shape index (κ3) is 12.4. The van der Waals surface area contributed by atoms with Crippen LogP contribution in [0.1, 0.15) is 31.4 Å². The first kappa shape index (κ1) is 51.0. The highest BCUT2D eigenvalue weighted by atomic mass is 14.6. The molecule has 0 saturated heterocycles. The normalized spacial score (nSPS) is 13.0. The van der Waals surface area contributed by atoms with Crippen molar-refractivity contribution in [1.29, 1.82) is 0 Å². The fourth-order valence-corrected chi connectivity index (χ4v) is 10.0. The summed E-state index contributed by atoms with van der Waals surface area (Å²) in [6, 6.07) is 58.4. The van der Waals surface area contributed by atoms with Gasteiger partial charge in [0.05, 0.1) is 0 Å². The molecule has 1 aliphatic rings. The first-order chi connectivity index (χ1) is 38.9. The van der Waals surface area contributed by atoms with Gasteiger partial charge in [-0.3, -0.25) is 24.9 Å². The van der Waals surface area contributed by atoms with Crippen LogP contribution in [-0.4, -0.2) is 24.9 Å². The van der Waals surface area contributed by atoms with E-state index in [0.29, 0.717) is 6.42 Å². The monoisotopic (exact) mass is 1020 g/mol. The van der Waals surface area contributed by atoms with E-state index in [1.54, 1.807) is 6.20 Å². The number of rotatable bonds is 15. The van der Waals surface area contributed by atoms with Crippen LogP contribution in [0.25, 0.3) is 94.6 Å². The predicted octanol–water partition coefficient (Wildman–Crippen LogP) is 17.8. The smallest absolute Gasteiger partial charge is 0.0346 e. The molecular formula is C73H58N6. The van der Waals surface area contributed by atoms with Gasteiger partial charge in [0.1, 0.15) is 0 Å². The van der Waals surface area contributed by atoms with Crippen molar-refractivity contribution in [1.82, 2.24) is 24.9 Å². The average molecular weight is 1020 g/mol. The lowest BCUT2D eigenvalue weighted by atomic mass is 9.91. The molecule has 2 N–H and O–H groups in total. The molecule has 1 aliphatic carbocycles. The molecule has 0 fully saturated rings. The van der Waals surface area contributed by atoms with Crippen LogP contribution >= 0.6 is 0 Å². The number of nitrogens with zero attached hydrogens (tertiary/aromatic N) is 5. The van der Waals surface area contributed by atoms with E-state index < -0.39 is 0 Å². The Bertz CT molecular complexity index is 3930. The number of allylic oxidation sites excluding steroid dienone is 13. The molecular weight excluding hydrogens is 961 g/mol. The Morgan fingerprint density at radius 1 is 0.430 bits per heavy atom. The zero-order valence-electron chi connectivity index (χ0n) is 44.3. The summed E-state index contributed by atoms with van der Waals surface area (Å²) in [6.45, 7) is 4.32. The highest BCUT2D eigenvalue weighted by molar-refractivity contribution is 5.86. The van der Waals surface area contributed by atoms with Crippen molar-refractivity contribution in [2.24, 2.45) is 5.73 Å². The summed E-state index contributed by atoms with van der Waals surface area (Å²) in [5.41, 5.74) is 31.1. The molecule has 0 radical (unpaired) electrons. The van der Waals surface area contributed by atoms with E-state index in [9.17, 15) is 0 Å². The maximum atomic E-state index is 5.69. The van der Waals surface area contributed by atoms with Gasteiger partial charge in [0.2, 0.25) is 0 Å². The SMILES string of the molecule is C/C(=C\C=C/N)C1=CC(/C(C)=C/C(=C\Cc2cncc(-c3cccc(-c4cncc(-c5cc(-c6cccc(-c7cccnc7)c6)cc(-c6cccc(-c7cccnc7)c6)c5)c4)c3)c2)c2cccc(-c3cccnc3)c2)=CCC=C1. The van der Waals surface area contributed by atoms with E-state index in [2.05, 4.69) is 217 Å². The molecule has 10 aromatic rings. The molecule has 5 heterocycles. The number of aromatic nitrogens is 5. The maximum absolute atomic E-state index is 5.69. The minimum Gasteiger partial charge on any atom is -0.405 e. The fourth-order valence-electron chi connectivity index (χ4n) is 10.0. The molecule has 380 valence electrons. The molecule has 0 aliphatic heterocycles. The van der Waals surface area contributed by atoms with Crippen LogP contribution in [0.2, 0.25) is 0 Å². The Balaban J connectivity index is 0.917. The van der Waals surface area contributed by atoms with E-state index in [1.165, 1.54) is 11.1 Å². The Morgan fingerprint density at radius 3 is 1.41 bits per heavy atom. The zero-order chi connectivity index (χ0) is 53.8. The van der Waals surface area contributed by atoms with Crippen molar-refractivity contribution in [3.8, 4) is 89.0 Å². The van der Waals surface area contributed by atoms with Crippen LogP contribution < -0.4 is 5.73 Å². The van der Waals surface area contributed by atoms with Gasteiger partial charge in [0, 0.05) is 95.3 Å². The van der Waals surface area contributed by atoms with E-state index >= 15 is 0 Å². The van der Waals surface area contributed by atoms with Crippen molar-refractivity contribution in [2.75, 3.05) is 0 Å². The van der Waals surface area contributed by atoms with Crippen molar-refractivity contribution in [3.63, 3.8) is 0 Å². The second-order valence-corrected chi connectivity index (χ2v) is 19.7. The van der Waals surface area contributed by atoms with E-state index in [4.69, 9.17) is 15.7 Å². The summed E-state index contributed by atoms with van der Waals surface area (Å²) >= 11 is 0. The van der Waals surface area contributed by atoms with Crippen LogP contribution in [0, 0.1) is 0 Å². The van der Waals surface area contributed by atoms with Crippen molar-refractivity contribution in [3.05, 3.63) is 314 Å². The first-order valence-corrected chi connectivity index (χ1v) is 26.6. The molecule has 6 nitrogen and oxygen atoms in total. The number of hydrogen-bond acceptors (Lipinski definition) is 6. The van der Waals surface area contributed by atoms with Crippen LogP contribution in [0.3, 0.4) is 0 Å². The highest BCUT2D eigenvalue weighted by Gasteiger charge is 2.14. The summed E-state index contributed by atoms with van der Waals surface area (Å²) < 4.78 is 0. The Labute approximate surface area is 463 Å². The Morgan fingerprint density at radius 2 is 0.861 bits per heavy atom. The van der Waals surface area contributed by atoms with Crippen molar-refractivity contribution >= 4 is 5.57 Å². The van der Waals surface area contributed by atoms with Crippen LogP contribution in [-0.2, 0) is 6.42 Å². The summed E-state index contributed by atoms with van der Waals surface area (Å²) in [7, 11) is 0. The number of hydrogen-bond donors (Lipinski definition) is 1. The molecule has 11 rings (SSSR count). The maximum Gasteiger partial charge on any atom is 0.0346 e. The van der Waals surface area contributed by atoms with Gasteiger partial charge in [-0.05, 0) is 212 Å². The van der Waals surface area contributed by atoms with Crippen LogP contribution in [0.4, 0.5) is 0 Å². The van der Waals surface area contributed by atoms with Gasteiger partial charge in [-0.1, -0.05) is 127 Å². The van der Waals surface area contributed by atoms with Gasteiger partial charge in [-0.2, -0.15) is 0 Å². The number of pyridine rings is 5. The van der Waals surface area contributed by atoms with Gasteiger partial charge >= 0.3 is 0 Å². The predicted molar refractivity (Wildman–Crippen MR) is 328 cm³/mol. The second-order valence-electron chi connectivity index (χ2n) is 19.7. The van der Waals surface area contributed by atoms with Gasteiger partial charge in [0.25, 0.3) is 0 Å². The summed E-state index contributed by atoms with van der Waals surface area (Å²) in [5.74, 6) is 0. The van der Waals surface area contributed by atoms with Gasteiger partial charge in [-0.25, -0.2) is 0 Å². The highest BCUT2D eigenvalue weighted by Crippen LogP contribution is 2.38. The summed E-state index contributed by atoms with van der Waals surface area (Å²) in [5, 5.41) is 0. The van der Waals surface area contributed by atoms with Crippen LogP contribution in [0.15, 0.2) is 303 Å². The molecule has 0 atom stereocenters. The minimum atomic E-state index is 0.681. The molecule has 5 aromatic carbocycles. The van der Waals surface area contributed by atoms with Gasteiger partial charge in [0.15, 0.2) is 0 Å². The van der Waals surface area contributed by atoms with Crippen molar-refractivity contribution < 1.29 is 0 Å². The van der Waals surface area contributed by atoms with Gasteiger partial charge < -0.3 is 5.73 Å². The molecule has 79 heavy (non-hydrogen) atoms. The van der Waals surface area contributed by atoms with E-state index in [0.717, 1.165) is 123 Å². The second kappa shape index (κ2) is 24.2. The first-order valence-electron chi connectivity index (χ1n) is 26.6. The summed E-state index contributed by atoms with van der Waals surface area (Å²) in [6.07, 6.45) is 39.7. The topological polar surface area (TPSA) is 90.5 Å². The lowest BCUT2D eigenvalue weighted by molar-refractivity contribution is 1.19. The average Bonchev–Trinajstić information content (AvgIpc) is 3.82. The molecule has 0 spiro atoms. The third-order valence-electron chi connectivity index (χ3n) is 14.3. The standard InChI is InChI=1S/C73H58N6/c1-51(13-9-29-74)54-14-3-4-15-55(35-54)52(2)33-64(56-16-5-17-57(36-56)65-24-10-30-75-45-65)28-27-53-34-71(48-78-44-53)62-22-8-23-63(39-62)72-43-73(50-79-49-72)70-41-68(60-20-6-18-58(37-60)66-25-11-31-76-46-66)40-69(42-70)61-21-7-19-59(38-61)67-26-12-32-77-47-67/h3,5-26,28-50H,4,27,74H2,1-2H3/b29-9-,51-13+,52-33+,64-28+. The molecule has 0 unspecified atom stereocenters. The third-order valence-corrected chi connectivity index (χ3v) is 14.3. The minimum absolute atomic E-state index is 0.681. The summed E-state index contributed by atoms with van der Waals surface area (Å²) in [4.78, 5) is 22.9. The molecule has 5 aromatic heterocycles. The van der Waals surface area contributed by atoms with E-state index in [1.807, 2.05) is 86.2 Å². The lowest BCUT2D eigenvalue weighted by Gasteiger charge is -2.14. The largest absolute Gasteiger partial charge is 0.405 e. The number of benzene rings is 5. The fraction of sp³-hybridized carbons (Fsp3) is 0.0548. The molecule has 6 heteroatoms. The van der Waals surface area contributed by atoms with Crippen molar-refractivity contribution in [2.45, 2.75) is 26.7 Å². The quantitative estimate of drug-likeness (QED) is 0.103. The number of nitrogens with two attached hydrogens (primary N) is 1. The Kier molecular flexibility index (Phi) is 15.6. The van der Waals surface area contributed by atoms with E-state index in [-0.39, 0.29) is 0 Å². The van der Waals surface area contributed by atoms with Crippen LogP contribution in [0.5, 0.6) is 0 Å². The molecule has 0 bridgehead atoms. The molecule has 0 amide bonds. The zero-order valence-corrected chi connectivity index (χ0v) is 44.3. The molecule has 0 saturated carbocycles. The Hall–Kier alpha value is -10.2. The lowest BCUT2D eigenvalue weighted by Crippen LogP contribution is -1.92. The van der Waals surface area contributed by atoms with Gasteiger partial charge in [-0.15, -0.1) is 0 Å².